The Morgan fingerprint density at radius 3 is 1.94 bits per heavy atom. The molecule has 0 aliphatic carbocycles. The Morgan fingerprint density at radius 2 is 1.15 bits per heavy atom. The van der Waals surface area contributed by atoms with E-state index in [1.807, 2.05) is 84.9 Å². The van der Waals surface area contributed by atoms with Gasteiger partial charge in [-0.15, -0.1) is 0 Å². The maximum Gasteiger partial charge on any atom is 0.125 e. The Hall–Kier alpha value is -4.50. The van der Waals surface area contributed by atoms with Crippen LogP contribution in [0.5, 0.6) is 0 Å². The van der Waals surface area contributed by atoms with Crippen LogP contribution in [0.25, 0.3) is 55.7 Å². The number of hydrogen-bond donors (Lipinski definition) is 1. The second-order valence-corrected chi connectivity index (χ2v) is 8.03. The zero-order valence-corrected chi connectivity index (χ0v) is 17.8. The molecular formula is C30H20N2O. The van der Waals surface area contributed by atoms with E-state index in [9.17, 15) is 5.11 Å². The number of para-hydroxylation sites is 2. The largest absolute Gasteiger partial charge is 0.507 e. The van der Waals surface area contributed by atoms with Gasteiger partial charge < -0.3 is 5.11 Å². The SMILES string of the molecule is O/C(=C\c1nc2ccccc2nc1-c1cccc2ccccc12)c1cccc2ccccc12. The number of aliphatic hydroxyl groups is 1. The van der Waals surface area contributed by atoms with E-state index in [-0.39, 0.29) is 5.76 Å². The number of fused-ring (bicyclic) bond motifs is 3. The molecule has 0 amide bonds. The van der Waals surface area contributed by atoms with Gasteiger partial charge in [-0.1, -0.05) is 97.1 Å². The molecule has 0 saturated carbocycles. The van der Waals surface area contributed by atoms with Crippen molar-refractivity contribution >= 4 is 44.4 Å². The summed E-state index contributed by atoms with van der Waals surface area (Å²) in [6, 6.07) is 36.3. The van der Waals surface area contributed by atoms with Gasteiger partial charge in [0.25, 0.3) is 0 Å². The minimum atomic E-state index is 0.165. The van der Waals surface area contributed by atoms with Crippen LogP contribution in [-0.2, 0) is 0 Å². The van der Waals surface area contributed by atoms with E-state index in [0.29, 0.717) is 5.69 Å². The topological polar surface area (TPSA) is 46.0 Å². The summed E-state index contributed by atoms with van der Waals surface area (Å²) in [4.78, 5) is 9.89. The summed E-state index contributed by atoms with van der Waals surface area (Å²) in [5.41, 5.74) is 4.75. The van der Waals surface area contributed by atoms with Crippen LogP contribution in [0, 0.1) is 0 Å². The highest BCUT2D eigenvalue weighted by Crippen LogP contribution is 2.33. The average Bonchev–Trinajstić information content (AvgIpc) is 2.87. The van der Waals surface area contributed by atoms with Crippen molar-refractivity contribution in [2.24, 2.45) is 0 Å². The van der Waals surface area contributed by atoms with Crippen LogP contribution < -0.4 is 0 Å². The lowest BCUT2D eigenvalue weighted by molar-refractivity contribution is 0.516. The second kappa shape index (κ2) is 7.88. The highest BCUT2D eigenvalue weighted by Gasteiger charge is 2.14. The third-order valence-electron chi connectivity index (χ3n) is 5.98. The van der Waals surface area contributed by atoms with Crippen LogP contribution in [0.15, 0.2) is 109 Å². The highest BCUT2D eigenvalue weighted by molar-refractivity contribution is 6.00. The lowest BCUT2D eigenvalue weighted by Crippen LogP contribution is -1.97. The number of rotatable bonds is 3. The molecule has 156 valence electrons. The molecule has 1 N–H and O–H groups in total. The first-order chi connectivity index (χ1) is 16.3. The van der Waals surface area contributed by atoms with Crippen LogP contribution in [0.4, 0.5) is 0 Å². The summed E-state index contributed by atoms with van der Waals surface area (Å²) in [7, 11) is 0. The van der Waals surface area contributed by atoms with E-state index in [0.717, 1.165) is 49.4 Å². The Bertz CT molecular complexity index is 1670. The molecule has 0 aliphatic rings. The van der Waals surface area contributed by atoms with Crippen LogP contribution in [0.3, 0.4) is 0 Å². The summed E-state index contributed by atoms with van der Waals surface area (Å²) >= 11 is 0. The molecule has 0 saturated heterocycles. The summed E-state index contributed by atoms with van der Waals surface area (Å²) < 4.78 is 0. The highest BCUT2D eigenvalue weighted by atomic mass is 16.3. The lowest BCUT2D eigenvalue weighted by atomic mass is 9.99. The van der Waals surface area contributed by atoms with Gasteiger partial charge in [-0.3, -0.25) is 0 Å². The van der Waals surface area contributed by atoms with Crippen molar-refractivity contribution in [1.29, 1.82) is 0 Å². The molecule has 0 aliphatic heterocycles. The Kier molecular flexibility index (Phi) is 4.59. The molecule has 1 heterocycles. The Balaban J connectivity index is 1.62. The zero-order chi connectivity index (χ0) is 22.2. The quantitative estimate of drug-likeness (QED) is 0.297. The molecule has 0 atom stereocenters. The number of hydrogen-bond acceptors (Lipinski definition) is 3. The summed E-state index contributed by atoms with van der Waals surface area (Å²) in [6.07, 6.45) is 1.73. The minimum absolute atomic E-state index is 0.165. The van der Waals surface area contributed by atoms with Gasteiger partial charge in [0.2, 0.25) is 0 Å². The maximum absolute atomic E-state index is 11.2. The van der Waals surface area contributed by atoms with E-state index in [1.165, 1.54) is 0 Å². The van der Waals surface area contributed by atoms with E-state index >= 15 is 0 Å². The summed E-state index contributed by atoms with van der Waals surface area (Å²) in [5.74, 6) is 0.165. The Morgan fingerprint density at radius 1 is 0.576 bits per heavy atom. The van der Waals surface area contributed by atoms with Crippen molar-refractivity contribution in [2.75, 3.05) is 0 Å². The van der Waals surface area contributed by atoms with Crippen molar-refractivity contribution in [1.82, 2.24) is 9.97 Å². The molecule has 1 aromatic heterocycles. The van der Waals surface area contributed by atoms with Gasteiger partial charge in [0, 0.05) is 17.2 Å². The third-order valence-corrected chi connectivity index (χ3v) is 5.98. The molecule has 3 nitrogen and oxygen atoms in total. The summed E-state index contributed by atoms with van der Waals surface area (Å²) in [5, 5.41) is 15.5. The maximum atomic E-state index is 11.2. The first-order valence-corrected chi connectivity index (χ1v) is 10.9. The molecule has 3 heteroatoms. The van der Waals surface area contributed by atoms with Crippen LogP contribution in [0.2, 0.25) is 0 Å². The normalized spacial score (nSPS) is 11.9. The first kappa shape index (κ1) is 19.2. The van der Waals surface area contributed by atoms with Gasteiger partial charge in [0.1, 0.15) is 5.76 Å². The number of nitrogens with zero attached hydrogens (tertiary/aromatic N) is 2. The molecule has 33 heavy (non-hydrogen) atoms. The predicted octanol–water partition coefficient (Wildman–Crippen LogP) is 7.66. The van der Waals surface area contributed by atoms with Gasteiger partial charge >= 0.3 is 0 Å². The smallest absolute Gasteiger partial charge is 0.125 e. The van der Waals surface area contributed by atoms with E-state index in [4.69, 9.17) is 9.97 Å². The van der Waals surface area contributed by atoms with Gasteiger partial charge in [0.05, 0.1) is 22.4 Å². The van der Waals surface area contributed by atoms with E-state index < -0.39 is 0 Å². The average molecular weight is 425 g/mol. The van der Waals surface area contributed by atoms with Crippen LogP contribution in [-0.4, -0.2) is 15.1 Å². The number of aromatic nitrogens is 2. The molecule has 6 rings (SSSR count). The molecule has 5 aromatic carbocycles. The van der Waals surface area contributed by atoms with Crippen LogP contribution >= 0.6 is 0 Å². The minimum Gasteiger partial charge on any atom is -0.507 e. The van der Waals surface area contributed by atoms with E-state index in [1.54, 1.807) is 6.08 Å². The van der Waals surface area contributed by atoms with Gasteiger partial charge in [0.15, 0.2) is 0 Å². The van der Waals surface area contributed by atoms with Crippen molar-refractivity contribution in [3.8, 4) is 11.3 Å². The fraction of sp³-hybridized carbons (Fsp3) is 0. The Labute approximate surface area is 191 Å². The second-order valence-electron chi connectivity index (χ2n) is 8.03. The van der Waals surface area contributed by atoms with Crippen molar-refractivity contribution in [3.63, 3.8) is 0 Å². The molecule has 0 radical (unpaired) electrons. The fourth-order valence-corrected chi connectivity index (χ4v) is 4.40. The molecule has 0 bridgehead atoms. The molecule has 0 spiro atoms. The van der Waals surface area contributed by atoms with E-state index in [2.05, 4.69) is 24.3 Å². The predicted molar refractivity (Wildman–Crippen MR) is 137 cm³/mol. The third kappa shape index (κ3) is 3.40. The number of aliphatic hydroxyl groups excluding tert-OH is 1. The van der Waals surface area contributed by atoms with Crippen LogP contribution in [0.1, 0.15) is 11.3 Å². The summed E-state index contributed by atoms with van der Waals surface area (Å²) in [6.45, 7) is 0. The van der Waals surface area contributed by atoms with Gasteiger partial charge in [-0.25, -0.2) is 9.97 Å². The van der Waals surface area contributed by atoms with Gasteiger partial charge in [-0.2, -0.15) is 0 Å². The fourth-order valence-electron chi connectivity index (χ4n) is 4.40. The van der Waals surface area contributed by atoms with Gasteiger partial charge in [-0.05, 0) is 33.7 Å². The standard InChI is InChI=1S/C30H20N2O/c33-29(24-15-7-11-20-9-1-3-13-22(20)24)19-28-30(32-27-18-6-5-17-26(27)31-28)25-16-8-12-21-10-2-4-14-23(21)25/h1-19,33H/b29-19-. The first-order valence-electron chi connectivity index (χ1n) is 10.9. The number of benzene rings is 5. The molecular weight excluding hydrogens is 404 g/mol. The zero-order valence-electron chi connectivity index (χ0n) is 17.8. The van der Waals surface area contributed by atoms with Crippen molar-refractivity contribution in [2.45, 2.75) is 0 Å². The molecule has 0 unspecified atom stereocenters. The molecule has 0 fully saturated rings. The van der Waals surface area contributed by atoms with Crippen molar-refractivity contribution < 1.29 is 5.11 Å². The lowest BCUT2D eigenvalue weighted by Gasteiger charge is -2.11. The molecule has 6 aromatic rings. The van der Waals surface area contributed by atoms with Crippen molar-refractivity contribution in [3.05, 3.63) is 120 Å². The monoisotopic (exact) mass is 424 g/mol.